The SMILES string of the molecule is COC(=O)CNCC1CCCCN1. The van der Waals surface area contributed by atoms with E-state index in [1.807, 2.05) is 0 Å². The minimum Gasteiger partial charge on any atom is -0.468 e. The van der Waals surface area contributed by atoms with Crippen LogP contribution in [0.15, 0.2) is 0 Å². The number of piperidine rings is 1. The van der Waals surface area contributed by atoms with Crippen LogP contribution in [0, 0.1) is 0 Å². The molecule has 1 heterocycles. The summed E-state index contributed by atoms with van der Waals surface area (Å²) in [4.78, 5) is 10.7. The predicted molar refractivity (Wildman–Crippen MR) is 50.5 cm³/mol. The van der Waals surface area contributed by atoms with Crippen LogP contribution in [-0.2, 0) is 9.53 Å². The predicted octanol–water partition coefficient (Wildman–Crippen LogP) is -0.109. The van der Waals surface area contributed by atoms with Gasteiger partial charge in [-0.05, 0) is 19.4 Å². The van der Waals surface area contributed by atoms with Crippen LogP contribution < -0.4 is 10.6 Å². The van der Waals surface area contributed by atoms with Crippen molar-refractivity contribution < 1.29 is 9.53 Å². The molecule has 13 heavy (non-hydrogen) atoms. The Hall–Kier alpha value is -0.610. The zero-order chi connectivity index (χ0) is 9.52. The lowest BCUT2D eigenvalue weighted by Gasteiger charge is -2.23. The molecule has 1 fully saturated rings. The van der Waals surface area contributed by atoms with Gasteiger partial charge in [0.1, 0.15) is 0 Å². The van der Waals surface area contributed by atoms with Gasteiger partial charge in [0.15, 0.2) is 0 Å². The van der Waals surface area contributed by atoms with Crippen molar-refractivity contribution in [2.45, 2.75) is 25.3 Å². The number of nitrogens with one attached hydrogen (secondary N) is 2. The molecule has 1 aliphatic rings. The van der Waals surface area contributed by atoms with Crippen molar-refractivity contribution in [1.82, 2.24) is 10.6 Å². The summed E-state index contributed by atoms with van der Waals surface area (Å²) in [5, 5.41) is 6.46. The zero-order valence-corrected chi connectivity index (χ0v) is 8.14. The maximum atomic E-state index is 10.7. The molecule has 1 unspecified atom stereocenters. The Labute approximate surface area is 79.0 Å². The molecule has 0 aromatic carbocycles. The molecule has 0 spiro atoms. The highest BCUT2D eigenvalue weighted by molar-refractivity contribution is 5.71. The van der Waals surface area contributed by atoms with E-state index < -0.39 is 0 Å². The summed E-state index contributed by atoms with van der Waals surface area (Å²) in [6.07, 6.45) is 3.76. The molecule has 0 aromatic heterocycles. The van der Waals surface area contributed by atoms with Crippen molar-refractivity contribution in [3.05, 3.63) is 0 Å². The van der Waals surface area contributed by atoms with E-state index in [1.165, 1.54) is 26.4 Å². The van der Waals surface area contributed by atoms with Gasteiger partial charge in [-0.15, -0.1) is 0 Å². The maximum absolute atomic E-state index is 10.7. The zero-order valence-electron chi connectivity index (χ0n) is 8.14. The highest BCUT2D eigenvalue weighted by Gasteiger charge is 2.11. The van der Waals surface area contributed by atoms with Crippen LogP contribution in [0.1, 0.15) is 19.3 Å². The van der Waals surface area contributed by atoms with Crippen LogP contribution in [0.2, 0.25) is 0 Å². The third-order valence-corrected chi connectivity index (χ3v) is 2.30. The third kappa shape index (κ3) is 4.24. The molecule has 1 aliphatic heterocycles. The fourth-order valence-corrected chi connectivity index (χ4v) is 1.52. The molecule has 0 bridgehead atoms. The van der Waals surface area contributed by atoms with E-state index in [9.17, 15) is 4.79 Å². The number of hydrogen-bond acceptors (Lipinski definition) is 4. The van der Waals surface area contributed by atoms with Gasteiger partial charge in [-0.3, -0.25) is 4.79 Å². The van der Waals surface area contributed by atoms with Gasteiger partial charge in [0.2, 0.25) is 0 Å². The normalized spacial score (nSPS) is 22.7. The van der Waals surface area contributed by atoms with Crippen LogP contribution in [-0.4, -0.2) is 38.8 Å². The molecule has 4 heteroatoms. The summed E-state index contributed by atoms with van der Waals surface area (Å²) in [5.74, 6) is -0.198. The van der Waals surface area contributed by atoms with Gasteiger partial charge in [0, 0.05) is 12.6 Å². The third-order valence-electron chi connectivity index (χ3n) is 2.30. The first kappa shape index (κ1) is 10.5. The highest BCUT2D eigenvalue weighted by Crippen LogP contribution is 2.05. The van der Waals surface area contributed by atoms with E-state index >= 15 is 0 Å². The molecular formula is C9H18N2O2. The number of carbonyl (C=O) groups excluding carboxylic acids is 1. The number of rotatable bonds is 4. The number of esters is 1. The molecule has 1 saturated heterocycles. The largest absolute Gasteiger partial charge is 0.468 e. The number of methoxy groups -OCH3 is 1. The second-order valence-corrected chi connectivity index (χ2v) is 3.35. The van der Waals surface area contributed by atoms with Crippen LogP contribution in [0.3, 0.4) is 0 Å². The second-order valence-electron chi connectivity index (χ2n) is 3.35. The first-order valence-corrected chi connectivity index (χ1v) is 4.84. The summed E-state index contributed by atoms with van der Waals surface area (Å²) in [6.45, 7) is 2.27. The summed E-state index contributed by atoms with van der Waals surface area (Å²) < 4.78 is 4.52. The Morgan fingerprint density at radius 2 is 2.46 bits per heavy atom. The van der Waals surface area contributed by atoms with Gasteiger partial charge >= 0.3 is 5.97 Å². The molecule has 1 atom stereocenters. The van der Waals surface area contributed by atoms with Crippen molar-refractivity contribution in [3.63, 3.8) is 0 Å². The van der Waals surface area contributed by atoms with Gasteiger partial charge < -0.3 is 15.4 Å². The molecule has 0 saturated carbocycles. The summed E-state index contributed by atoms with van der Waals surface area (Å²) in [5.41, 5.74) is 0. The topological polar surface area (TPSA) is 50.4 Å². The molecule has 0 radical (unpaired) electrons. The van der Waals surface area contributed by atoms with E-state index in [0.29, 0.717) is 12.6 Å². The Morgan fingerprint density at radius 3 is 3.08 bits per heavy atom. The van der Waals surface area contributed by atoms with Crippen molar-refractivity contribution in [2.24, 2.45) is 0 Å². The second kappa shape index (κ2) is 5.94. The van der Waals surface area contributed by atoms with Gasteiger partial charge in [0.25, 0.3) is 0 Å². The van der Waals surface area contributed by atoms with Crippen LogP contribution >= 0.6 is 0 Å². The van der Waals surface area contributed by atoms with E-state index in [4.69, 9.17) is 0 Å². The van der Waals surface area contributed by atoms with Crippen molar-refractivity contribution in [2.75, 3.05) is 26.7 Å². The van der Waals surface area contributed by atoms with Crippen molar-refractivity contribution in [1.29, 1.82) is 0 Å². The molecule has 76 valence electrons. The molecule has 0 amide bonds. The lowest BCUT2D eigenvalue weighted by molar-refractivity contribution is -0.139. The van der Waals surface area contributed by atoms with E-state index in [0.717, 1.165) is 13.1 Å². The van der Waals surface area contributed by atoms with E-state index in [-0.39, 0.29) is 5.97 Å². The van der Waals surface area contributed by atoms with Gasteiger partial charge in [-0.25, -0.2) is 0 Å². The van der Waals surface area contributed by atoms with Gasteiger partial charge in [-0.2, -0.15) is 0 Å². The molecule has 0 aromatic rings. The first-order valence-electron chi connectivity index (χ1n) is 4.84. The van der Waals surface area contributed by atoms with E-state index in [2.05, 4.69) is 15.4 Å². The lowest BCUT2D eigenvalue weighted by Crippen LogP contribution is -2.43. The lowest BCUT2D eigenvalue weighted by atomic mass is 10.1. The summed E-state index contributed by atoms with van der Waals surface area (Å²) >= 11 is 0. The Bertz CT molecular complexity index is 156. The average Bonchev–Trinajstić information content (AvgIpc) is 2.19. The summed E-state index contributed by atoms with van der Waals surface area (Å²) in [6, 6.07) is 0.526. The number of ether oxygens (including phenoxy) is 1. The molecule has 1 rings (SSSR count). The quantitative estimate of drug-likeness (QED) is 0.602. The van der Waals surface area contributed by atoms with Crippen molar-refractivity contribution in [3.8, 4) is 0 Å². The van der Waals surface area contributed by atoms with Gasteiger partial charge in [-0.1, -0.05) is 6.42 Å². The molecular weight excluding hydrogens is 168 g/mol. The first-order chi connectivity index (χ1) is 6.33. The Morgan fingerprint density at radius 1 is 1.62 bits per heavy atom. The number of carbonyl (C=O) groups is 1. The standard InChI is InChI=1S/C9H18N2O2/c1-13-9(12)7-10-6-8-4-2-3-5-11-8/h8,10-11H,2-7H2,1H3. The monoisotopic (exact) mass is 186 g/mol. The maximum Gasteiger partial charge on any atom is 0.319 e. The van der Waals surface area contributed by atoms with Crippen molar-refractivity contribution >= 4 is 5.97 Å². The highest BCUT2D eigenvalue weighted by atomic mass is 16.5. The molecule has 2 N–H and O–H groups in total. The molecule has 0 aliphatic carbocycles. The fraction of sp³-hybridized carbons (Fsp3) is 0.889. The number of hydrogen-bond donors (Lipinski definition) is 2. The van der Waals surface area contributed by atoms with Crippen LogP contribution in [0.25, 0.3) is 0 Å². The Balaban J connectivity index is 2.01. The average molecular weight is 186 g/mol. The smallest absolute Gasteiger partial charge is 0.319 e. The van der Waals surface area contributed by atoms with Crippen LogP contribution in [0.4, 0.5) is 0 Å². The minimum absolute atomic E-state index is 0.198. The minimum atomic E-state index is -0.198. The van der Waals surface area contributed by atoms with Gasteiger partial charge in [0.05, 0.1) is 13.7 Å². The van der Waals surface area contributed by atoms with Crippen LogP contribution in [0.5, 0.6) is 0 Å². The Kier molecular flexibility index (Phi) is 4.78. The fourth-order valence-electron chi connectivity index (χ4n) is 1.52. The molecule has 4 nitrogen and oxygen atoms in total. The van der Waals surface area contributed by atoms with E-state index in [1.54, 1.807) is 0 Å². The summed E-state index contributed by atoms with van der Waals surface area (Å²) in [7, 11) is 1.41.